The zero-order chi connectivity index (χ0) is 20.6. The van der Waals surface area contributed by atoms with E-state index in [2.05, 4.69) is 15.2 Å². The molecule has 158 valence electrons. The molecule has 29 heavy (non-hydrogen) atoms. The molecule has 1 amide bonds. The molecule has 2 aliphatic rings. The number of rotatable bonds is 5. The quantitative estimate of drug-likeness (QED) is 0.661. The SMILES string of the molecule is Cc1cc(C)n2c(SCC(=O)N(C3CCCCC3)C3CCS(=O)(=O)C3)nnc2n1. The van der Waals surface area contributed by atoms with Crippen molar-refractivity contribution in [1.82, 2.24) is 24.5 Å². The van der Waals surface area contributed by atoms with E-state index in [0.717, 1.165) is 37.1 Å². The summed E-state index contributed by atoms with van der Waals surface area (Å²) in [5, 5.41) is 8.97. The van der Waals surface area contributed by atoms with Crippen LogP contribution in [0.3, 0.4) is 0 Å². The van der Waals surface area contributed by atoms with E-state index in [0.29, 0.717) is 17.4 Å². The Hall–Kier alpha value is -1.68. The Morgan fingerprint density at radius 1 is 1.17 bits per heavy atom. The molecule has 3 heterocycles. The van der Waals surface area contributed by atoms with E-state index in [1.54, 1.807) is 0 Å². The topological polar surface area (TPSA) is 97.5 Å². The summed E-state index contributed by atoms with van der Waals surface area (Å²) in [4.78, 5) is 19.5. The van der Waals surface area contributed by atoms with Crippen molar-refractivity contribution in [2.45, 2.75) is 69.6 Å². The van der Waals surface area contributed by atoms with Crippen molar-refractivity contribution in [1.29, 1.82) is 0 Å². The molecule has 4 rings (SSSR count). The van der Waals surface area contributed by atoms with Crippen LogP contribution >= 0.6 is 11.8 Å². The second-order valence-corrected chi connectivity index (χ2v) is 11.3. The van der Waals surface area contributed by atoms with Gasteiger partial charge in [-0.1, -0.05) is 31.0 Å². The Labute approximate surface area is 175 Å². The van der Waals surface area contributed by atoms with Crippen LogP contribution in [0.25, 0.3) is 5.78 Å². The highest BCUT2D eigenvalue weighted by atomic mass is 32.2. The second-order valence-electron chi connectivity index (χ2n) is 8.10. The summed E-state index contributed by atoms with van der Waals surface area (Å²) in [6, 6.07) is 1.91. The summed E-state index contributed by atoms with van der Waals surface area (Å²) in [5.41, 5.74) is 1.85. The van der Waals surface area contributed by atoms with E-state index >= 15 is 0 Å². The highest BCUT2D eigenvalue weighted by molar-refractivity contribution is 7.99. The van der Waals surface area contributed by atoms with Gasteiger partial charge in [0.15, 0.2) is 15.0 Å². The van der Waals surface area contributed by atoms with Crippen molar-refractivity contribution in [3.63, 3.8) is 0 Å². The van der Waals surface area contributed by atoms with Gasteiger partial charge in [-0.2, -0.15) is 0 Å². The molecule has 1 unspecified atom stereocenters. The molecule has 0 spiro atoms. The smallest absolute Gasteiger partial charge is 0.256 e. The first-order valence-corrected chi connectivity index (χ1v) is 13.0. The molecule has 2 aromatic rings. The second kappa shape index (κ2) is 8.22. The monoisotopic (exact) mass is 437 g/mol. The molecule has 10 heteroatoms. The highest BCUT2D eigenvalue weighted by Gasteiger charge is 2.38. The number of aryl methyl sites for hydroxylation is 2. The van der Waals surface area contributed by atoms with Crippen LogP contribution in [-0.2, 0) is 14.6 Å². The lowest BCUT2D eigenvalue weighted by Crippen LogP contribution is -2.49. The first-order chi connectivity index (χ1) is 13.8. The van der Waals surface area contributed by atoms with E-state index in [4.69, 9.17) is 0 Å². The van der Waals surface area contributed by atoms with Gasteiger partial charge in [-0.05, 0) is 39.2 Å². The van der Waals surface area contributed by atoms with E-state index in [1.807, 2.05) is 29.2 Å². The molecule has 0 bridgehead atoms. The predicted octanol–water partition coefficient (Wildman–Crippen LogP) is 2.18. The first-order valence-electron chi connectivity index (χ1n) is 10.2. The number of hydrogen-bond acceptors (Lipinski definition) is 7. The number of aromatic nitrogens is 4. The van der Waals surface area contributed by atoms with Gasteiger partial charge in [0.2, 0.25) is 5.91 Å². The van der Waals surface area contributed by atoms with Gasteiger partial charge in [0.05, 0.1) is 17.3 Å². The molecule has 0 N–H and O–H groups in total. The Morgan fingerprint density at radius 2 is 1.93 bits per heavy atom. The zero-order valence-electron chi connectivity index (χ0n) is 16.9. The number of amides is 1. The fourth-order valence-electron chi connectivity index (χ4n) is 4.55. The van der Waals surface area contributed by atoms with Crippen molar-refractivity contribution in [2.75, 3.05) is 17.3 Å². The molecule has 2 fully saturated rings. The van der Waals surface area contributed by atoms with Gasteiger partial charge in [0, 0.05) is 23.5 Å². The summed E-state index contributed by atoms with van der Waals surface area (Å²) in [6.07, 6.45) is 5.85. The van der Waals surface area contributed by atoms with E-state index in [1.165, 1.54) is 18.2 Å². The number of nitrogens with zero attached hydrogens (tertiary/aromatic N) is 5. The van der Waals surface area contributed by atoms with Crippen molar-refractivity contribution in [3.05, 3.63) is 17.5 Å². The van der Waals surface area contributed by atoms with Gasteiger partial charge in [0.25, 0.3) is 5.78 Å². The third-order valence-electron chi connectivity index (χ3n) is 5.85. The van der Waals surface area contributed by atoms with Crippen molar-refractivity contribution < 1.29 is 13.2 Å². The van der Waals surface area contributed by atoms with Crippen LogP contribution in [0.15, 0.2) is 11.2 Å². The molecule has 1 atom stereocenters. The maximum Gasteiger partial charge on any atom is 0.256 e. The number of thioether (sulfide) groups is 1. The molecular weight excluding hydrogens is 410 g/mol. The Kier molecular flexibility index (Phi) is 5.83. The van der Waals surface area contributed by atoms with Crippen LogP contribution in [0, 0.1) is 13.8 Å². The van der Waals surface area contributed by atoms with E-state index in [-0.39, 0.29) is 35.2 Å². The standard InChI is InChI=1S/C19H27N5O3S2/c1-13-10-14(2)23-18(20-13)21-22-19(23)28-11-17(25)24(15-6-4-3-5-7-15)16-8-9-29(26,27)12-16/h10,15-16H,3-9,11-12H2,1-2H3. The third kappa shape index (κ3) is 4.42. The van der Waals surface area contributed by atoms with Crippen molar-refractivity contribution >= 4 is 33.3 Å². The van der Waals surface area contributed by atoms with Crippen LogP contribution in [0.4, 0.5) is 0 Å². The highest BCUT2D eigenvalue weighted by Crippen LogP contribution is 2.30. The number of carbonyl (C=O) groups is 1. The minimum Gasteiger partial charge on any atom is -0.335 e. The van der Waals surface area contributed by atoms with Gasteiger partial charge >= 0.3 is 0 Å². The summed E-state index contributed by atoms with van der Waals surface area (Å²) < 4.78 is 25.9. The maximum atomic E-state index is 13.2. The Morgan fingerprint density at radius 3 is 2.62 bits per heavy atom. The minimum atomic E-state index is -3.04. The van der Waals surface area contributed by atoms with E-state index < -0.39 is 9.84 Å². The lowest BCUT2D eigenvalue weighted by Gasteiger charge is -2.38. The lowest BCUT2D eigenvalue weighted by molar-refractivity contribution is -0.133. The summed E-state index contributed by atoms with van der Waals surface area (Å²) >= 11 is 1.34. The molecule has 0 radical (unpaired) electrons. The first kappa shape index (κ1) is 20.6. The molecule has 1 aliphatic heterocycles. The summed E-state index contributed by atoms with van der Waals surface area (Å²) in [7, 11) is -3.04. The normalized spacial score (nSPS) is 22.2. The summed E-state index contributed by atoms with van der Waals surface area (Å²) in [5.74, 6) is 1.03. The molecule has 1 saturated heterocycles. The average Bonchev–Trinajstić information content (AvgIpc) is 3.24. The maximum absolute atomic E-state index is 13.2. The fourth-order valence-corrected chi connectivity index (χ4v) is 7.12. The Balaban J connectivity index is 1.52. The largest absolute Gasteiger partial charge is 0.335 e. The lowest BCUT2D eigenvalue weighted by atomic mass is 9.93. The Bertz CT molecular complexity index is 1010. The van der Waals surface area contributed by atoms with Gasteiger partial charge in [0.1, 0.15) is 0 Å². The van der Waals surface area contributed by atoms with Gasteiger partial charge in [-0.15, -0.1) is 10.2 Å². The number of hydrogen-bond donors (Lipinski definition) is 0. The number of fused-ring (bicyclic) bond motifs is 1. The van der Waals surface area contributed by atoms with Crippen LogP contribution < -0.4 is 0 Å². The zero-order valence-corrected chi connectivity index (χ0v) is 18.5. The van der Waals surface area contributed by atoms with Crippen molar-refractivity contribution in [2.24, 2.45) is 0 Å². The van der Waals surface area contributed by atoms with Gasteiger partial charge in [-0.3, -0.25) is 9.20 Å². The van der Waals surface area contributed by atoms with Crippen LogP contribution in [0.5, 0.6) is 0 Å². The molecule has 1 saturated carbocycles. The van der Waals surface area contributed by atoms with E-state index in [9.17, 15) is 13.2 Å². The summed E-state index contributed by atoms with van der Waals surface area (Å²) in [6.45, 7) is 3.88. The average molecular weight is 438 g/mol. The molecule has 8 nitrogen and oxygen atoms in total. The number of sulfone groups is 1. The van der Waals surface area contributed by atoms with Crippen LogP contribution in [0.2, 0.25) is 0 Å². The number of carbonyl (C=O) groups excluding carboxylic acids is 1. The van der Waals surface area contributed by atoms with Crippen molar-refractivity contribution in [3.8, 4) is 0 Å². The molecule has 2 aromatic heterocycles. The minimum absolute atomic E-state index is 0.00141. The predicted molar refractivity (Wildman–Crippen MR) is 112 cm³/mol. The molecule has 1 aliphatic carbocycles. The molecule has 0 aromatic carbocycles. The third-order valence-corrected chi connectivity index (χ3v) is 8.51. The fraction of sp³-hybridized carbons (Fsp3) is 0.684. The van der Waals surface area contributed by atoms with Gasteiger partial charge in [-0.25, -0.2) is 13.4 Å². The van der Waals surface area contributed by atoms with Gasteiger partial charge < -0.3 is 4.90 Å². The van der Waals surface area contributed by atoms with Crippen LogP contribution in [-0.4, -0.2) is 68.1 Å². The van der Waals surface area contributed by atoms with Crippen LogP contribution in [0.1, 0.15) is 49.9 Å². The molecular formula is C19H27N5O3S2.